The number of hydrogen-bond donors (Lipinski definition) is 1. The summed E-state index contributed by atoms with van der Waals surface area (Å²) in [5, 5.41) is 2.73. The van der Waals surface area contributed by atoms with Gasteiger partial charge in [-0.15, -0.1) is 11.3 Å². The van der Waals surface area contributed by atoms with E-state index in [1.54, 1.807) is 0 Å². The van der Waals surface area contributed by atoms with Crippen LogP contribution in [0.3, 0.4) is 0 Å². The highest BCUT2D eigenvalue weighted by Crippen LogP contribution is 2.27. The summed E-state index contributed by atoms with van der Waals surface area (Å²) in [5.41, 5.74) is 8.26. The van der Waals surface area contributed by atoms with E-state index in [9.17, 15) is 0 Å². The Bertz CT molecular complexity index is 656. The number of benzene rings is 1. The number of nitrogen functional groups attached to an aromatic ring is 1. The summed E-state index contributed by atoms with van der Waals surface area (Å²) in [6, 6.07) is 5.83. The third-order valence-electron chi connectivity index (χ3n) is 2.26. The Balaban J connectivity index is 2.17. The van der Waals surface area contributed by atoms with Gasteiger partial charge in [-0.2, -0.15) is 0 Å². The van der Waals surface area contributed by atoms with E-state index in [1.165, 1.54) is 11.3 Å². The Morgan fingerprint density at radius 2 is 2.19 bits per heavy atom. The average molecular weight is 231 g/mol. The van der Waals surface area contributed by atoms with Gasteiger partial charge in [0.1, 0.15) is 16.3 Å². The van der Waals surface area contributed by atoms with Gasteiger partial charge in [0.25, 0.3) is 0 Å². The molecule has 1 aromatic carbocycles. The lowest BCUT2D eigenvalue weighted by atomic mass is 10.2. The first-order valence-electron chi connectivity index (χ1n) is 4.81. The van der Waals surface area contributed by atoms with Gasteiger partial charge in [-0.3, -0.25) is 0 Å². The summed E-state index contributed by atoms with van der Waals surface area (Å²) in [6.07, 6.45) is 0. The lowest BCUT2D eigenvalue weighted by Crippen LogP contribution is -1.83. The zero-order chi connectivity index (χ0) is 11.1. The number of thiazole rings is 1. The first-order valence-corrected chi connectivity index (χ1v) is 5.69. The number of oxazole rings is 1. The van der Waals surface area contributed by atoms with Crippen molar-refractivity contribution in [3.05, 3.63) is 29.5 Å². The molecule has 2 aromatic heterocycles. The molecule has 0 unspecified atom stereocenters. The smallest absolute Gasteiger partial charge is 0.192 e. The fourth-order valence-corrected chi connectivity index (χ4v) is 2.30. The number of fused-ring (bicyclic) bond motifs is 1. The molecule has 0 aliphatic heterocycles. The van der Waals surface area contributed by atoms with Crippen LogP contribution >= 0.6 is 11.3 Å². The van der Waals surface area contributed by atoms with Gasteiger partial charge in [0.05, 0.1) is 0 Å². The number of nitrogens with zero attached hydrogens (tertiary/aromatic N) is 2. The highest BCUT2D eigenvalue weighted by atomic mass is 32.1. The van der Waals surface area contributed by atoms with Crippen molar-refractivity contribution in [1.82, 2.24) is 9.97 Å². The zero-order valence-corrected chi connectivity index (χ0v) is 9.41. The van der Waals surface area contributed by atoms with E-state index in [4.69, 9.17) is 10.2 Å². The Labute approximate surface area is 95.7 Å². The van der Waals surface area contributed by atoms with Gasteiger partial charge in [0, 0.05) is 17.9 Å². The van der Waals surface area contributed by atoms with Crippen molar-refractivity contribution in [2.45, 2.75) is 6.92 Å². The molecular formula is C11H9N3OS. The molecule has 0 saturated carbocycles. The van der Waals surface area contributed by atoms with Gasteiger partial charge in [-0.05, 0) is 18.2 Å². The van der Waals surface area contributed by atoms with E-state index >= 15 is 0 Å². The van der Waals surface area contributed by atoms with Gasteiger partial charge in [-0.1, -0.05) is 0 Å². The van der Waals surface area contributed by atoms with Crippen LogP contribution < -0.4 is 5.73 Å². The van der Waals surface area contributed by atoms with Crippen LogP contribution in [0.1, 0.15) is 5.89 Å². The predicted octanol–water partition coefficient (Wildman–Crippen LogP) is 2.84. The number of anilines is 1. The van der Waals surface area contributed by atoms with Gasteiger partial charge >= 0.3 is 0 Å². The second-order valence-electron chi connectivity index (χ2n) is 3.49. The molecule has 0 radical (unpaired) electrons. The van der Waals surface area contributed by atoms with Crippen molar-refractivity contribution in [3.8, 4) is 10.6 Å². The van der Waals surface area contributed by atoms with Gasteiger partial charge in [0.15, 0.2) is 11.5 Å². The topological polar surface area (TPSA) is 64.9 Å². The van der Waals surface area contributed by atoms with E-state index in [0.29, 0.717) is 11.7 Å². The SMILES string of the molecule is Cc1nc2cc(-c3nc(N)cs3)ccc2o1. The Hall–Kier alpha value is -1.88. The molecule has 80 valence electrons. The minimum atomic E-state index is 0.552. The molecule has 5 heteroatoms. The summed E-state index contributed by atoms with van der Waals surface area (Å²) in [5.74, 6) is 1.22. The summed E-state index contributed by atoms with van der Waals surface area (Å²) >= 11 is 1.52. The van der Waals surface area contributed by atoms with Crippen LogP contribution in [0.5, 0.6) is 0 Å². The fourth-order valence-electron chi connectivity index (χ4n) is 1.59. The van der Waals surface area contributed by atoms with Crippen LogP contribution in [0.15, 0.2) is 28.0 Å². The highest BCUT2D eigenvalue weighted by Gasteiger charge is 2.07. The van der Waals surface area contributed by atoms with Crippen LogP contribution in [-0.2, 0) is 0 Å². The van der Waals surface area contributed by atoms with E-state index in [1.807, 2.05) is 30.5 Å². The summed E-state index contributed by atoms with van der Waals surface area (Å²) in [7, 11) is 0. The molecular weight excluding hydrogens is 222 g/mol. The van der Waals surface area contributed by atoms with Crippen LogP contribution in [0.25, 0.3) is 21.7 Å². The van der Waals surface area contributed by atoms with E-state index < -0.39 is 0 Å². The van der Waals surface area contributed by atoms with Gasteiger partial charge in [0.2, 0.25) is 0 Å². The van der Waals surface area contributed by atoms with Crippen molar-refractivity contribution in [3.63, 3.8) is 0 Å². The lowest BCUT2D eigenvalue weighted by Gasteiger charge is -1.94. The monoisotopic (exact) mass is 231 g/mol. The Morgan fingerprint density at radius 1 is 1.31 bits per heavy atom. The van der Waals surface area contributed by atoms with Crippen LogP contribution in [0, 0.1) is 6.92 Å². The molecule has 0 aliphatic rings. The first-order chi connectivity index (χ1) is 7.72. The lowest BCUT2D eigenvalue weighted by molar-refractivity contribution is 0.561. The Morgan fingerprint density at radius 3 is 2.94 bits per heavy atom. The normalized spacial score (nSPS) is 11.1. The van der Waals surface area contributed by atoms with E-state index in [0.717, 1.165) is 21.7 Å². The quantitative estimate of drug-likeness (QED) is 0.699. The van der Waals surface area contributed by atoms with Crippen molar-refractivity contribution >= 4 is 28.3 Å². The molecule has 0 spiro atoms. The maximum atomic E-state index is 5.60. The van der Waals surface area contributed by atoms with Crippen molar-refractivity contribution in [2.75, 3.05) is 5.73 Å². The second-order valence-corrected chi connectivity index (χ2v) is 4.35. The predicted molar refractivity (Wildman–Crippen MR) is 64.3 cm³/mol. The number of aryl methyl sites for hydroxylation is 1. The van der Waals surface area contributed by atoms with E-state index in [2.05, 4.69) is 9.97 Å². The summed E-state index contributed by atoms with van der Waals surface area (Å²) in [4.78, 5) is 8.52. The zero-order valence-electron chi connectivity index (χ0n) is 8.60. The molecule has 0 aliphatic carbocycles. The Kier molecular flexibility index (Phi) is 1.94. The number of rotatable bonds is 1. The number of aromatic nitrogens is 2. The number of nitrogens with two attached hydrogens (primary N) is 1. The number of hydrogen-bond acceptors (Lipinski definition) is 5. The molecule has 3 aromatic rings. The van der Waals surface area contributed by atoms with Crippen molar-refractivity contribution in [1.29, 1.82) is 0 Å². The maximum Gasteiger partial charge on any atom is 0.192 e. The summed E-state index contributed by atoms with van der Waals surface area (Å²) in [6.45, 7) is 1.83. The average Bonchev–Trinajstić information content (AvgIpc) is 2.81. The molecule has 0 atom stereocenters. The van der Waals surface area contributed by atoms with Crippen LogP contribution in [0.4, 0.5) is 5.82 Å². The molecule has 4 nitrogen and oxygen atoms in total. The maximum absolute atomic E-state index is 5.60. The minimum Gasteiger partial charge on any atom is -0.441 e. The second kappa shape index (κ2) is 3.31. The molecule has 0 fully saturated rings. The molecule has 0 amide bonds. The van der Waals surface area contributed by atoms with Crippen LogP contribution in [0.2, 0.25) is 0 Å². The highest BCUT2D eigenvalue weighted by molar-refractivity contribution is 7.13. The fraction of sp³-hybridized carbons (Fsp3) is 0.0909. The third-order valence-corrected chi connectivity index (χ3v) is 3.17. The molecule has 2 heterocycles. The van der Waals surface area contributed by atoms with Crippen molar-refractivity contribution in [2.24, 2.45) is 0 Å². The third kappa shape index (κ3) is 1.45. The van der Waals surface area contributed by atoms with Crippen LogP contribution in [-0.4, -0.2) is 9.97 Å². The first kappa shape index (κ1) is 9.35. The molecule has 16 heavy (non-hydrogen) atoms. The largest absolute Gasteiger partial charge is 0.441 e. The van der Waals surface area contributed by atoms with Crippen molar-refractivity contribution < 1.29 is 4.42 Å². The van der Waals surface area contributed by atoms with E-state index in [-0.39, 0.29) is 0 Å². The molecule has 3 rings (SSSR count). The molecule has 0 bridgehead atoms. The van der Waals surface area contributed by atoms with Gasteiger partial charge < -0.3 is 10.2 Å². The molecule has 2 N–H and O–H groups in total. The van der Waals surface area contributed by atoms with Gasteiger partial charge in [-0.25, -0.2) is 9.97 Å². The minimum absolute atomic E-state index is 0.552. The summed E-state index contributed by atoms with van der Waals surface area (Å²) < 4.78 is 5.41. The standard InChI is InChI=1S/C11H9N3OS/c1-6-13-8-4-7(2-3-9(8)15-6)11-14-10(12)5-16-11/h2-5H,12H2,1H3. The molecule has 0 saturated heterocycles.